The minimum atomic E-state index is -4.96. The molecule has 0 aromatic carbocycles. The largest absolute Gasteiger partial charge is 0.472 e. The highest BCUT2D eigenvalue weighted by atomic mass is 31.2. The number of carbonyl (C=O) groups excluding carboxylic acids is 4. The normalized spacial score (nSPS) is 13.9. The van der Waals surface area contributed by atoms with Gasteiger partial charge in [-0.2, -0.15) is 0 Å². The number of rotatable bonds is 79. The fraction of sp³-hybridized carbons (Fsp3) is 0.949. The third-order valence-electron chi connectivity index (χ3n) is 18.5. The van der Waals surface area contributed by atoms with Crippen molar-refractivity contribution in [3.05, 3.63) is 0 Å². The summed E-state index contributed by atoms with van der Waals surface area (Å²) in [7, 11) is -9.91. The summed E-state index contributed by atoms with van der Waals surface area (Å²) in [4.78, 5) is 72.9. The van der Waals surface area contributed by atoms with Crippen molar-refractivity contribution < 1.29 is 80.2 Å². The average Bonchev–Trinajstić information content (AvgIpc) is 1.05. The monoisotopic (exact) mass is 1440 g/mol. The first kappa shape index (κ1) is 96.1. The van der Waals surface area contributed by atoms with Crippen LogP contribution in [-0.2, 0) is 65.4 Å². The second kappa shape index (κ2) is 72.0. The third-order valence-corrected chi connectivity index (χ3v) is 20.4. The lowest BCUT2D eigenvalue weighted by atomic mass is 10.0. The van der Waals surface area contributed by atoms with Crippen LogP contribution in [0.3, 0.4) is 0 Å². The molecule has 0 aliphatic rings. The van der Waals surface area contributed by atoms with Gasteiger partial charge in [0.2, 0.25) is 0 Å². The lowest BCUT2D eigenvalue weighted by molar-refractivity contribution is -0.161. The molecule has 0 saturated heterocycles. The zero-order valence-corrected chi connectivity index (χ0v) is 65.7. The number of carbonyl (C=O) groups is 4. The summed E-state index contributed by atoms with van der Waals surface area (Å²) >= 11 is 0. The van der Waals surface area contributed by atoms with Crippen molar-refractivity contribution in [2.75, 3.05) is 39.6 Å². The summed E-state index contributed by atoms with van der Waals surface area (Å²) in [6.07, 6.45) is 62.4. The summed E-state index contributed by atoms with van der Waals surface area (Å²) in [5.41, 5.74) is 0. The molecule has 0 fully saturated rings. The van der Waals surface area contributed by atoms with E-state index in [0.29, 0.717) is 25.7 Å². The number of hydrogen-bond acceptors (Lipinski definition) is 15. The highest BCUT2D eigenvalue weighted by Gasteiger charge is 2.30. The maximum atomic E-state index is 13.1. The van der Waals surface area contributed by atoms with Crippen LogP contribution >= 0.6 is 15.6 Å². The number of phosphoric acid groups is 2. The van der Waals surface area contributed by atoms with Gasteiger partial charge in [-0.3, -0.25) is 37.3 Å². The van der Waals surface area contributed by atoms with Gasteiger partial charge in [-0.25, -0.2) is 9.13 Å². The molecule has 0 spiro atoms. The van der Waals surface area contributed by atoms with Gasteiger partial charge in [-0.05, 0) is 31.6 Å². The van der Waals surface area contributed by atoms with E-state index in [1.54, 1.807) is 0 Å². The molecule has 0 aromatic rings. The molecule has 0 radical (unpaired) electrons. The fourth-order valence-corrected chi connectivity index (χ4v) is 13.8. The molecule has 0 bridgehead atoms. The van der Waals surface area contributed by atoms with E-state index in [2.05, 4.69) is 34.6 Å². The number of esters is 4. The van der Waals surface area contributed by atoms with Gasteiger partial charge in [0, 0.05) is 25.7 Å². The summed E-state index contributed by atoms with van der Waals surface area (Å²) in [6.45, 7) is 7.32. The SMILES string of the molecule is CCCCCCCCCCCCCCCCCCCCCCCC(=O)O[C@H](COC(=O)CCCCCCCCCCCCCCC(C)C)COP(=O)(O)OC[C@@H](O)COP(=O)(O)OC[C@@H](COC(=O)CCCCCCCCCCCCC)OC(=O)CCCCCCCCCCCCC. The Balaban J connectivity index is 5.21. The Morgan fingerprint density at radius 1 is 0.276 bits per heavy atom. The predicted molar refractivity (Wildman–Crippen MR) is 400 cm³/mol. The van der Waals surface area contributed by atoms with Crippen LogP contribution in [0.15, 0.2) is 0 Å². The van der Waals surface area contributed by atoms with E-state index in [4.69, 9.17) is 37.0 Å². The molecule has 0 saturated carbocycles. The van der Waals surface area contributed by atoms with E-state index >= 15 is 0 Å². The molecule has 0 amide bonds. The molecule has 3 N–H and O–H groups in total. The van der Waals surface area contributed by atoms with Crippen LogP contribution in [0.2, 0.25) is 0 Å². The van der Waals surface area contributed by atoms with E-state index in [0.717, 1.165) is 95.8 Å². The van der Waals surface area contributed by atoms with Crippen molar-refractivity contribution in [1.29, 1.82) is 0 Å². The average molecular weight is 1440 g/mol. The Bertz CT molecular complexity index is 1870. The minimum Gasteiger partial charge on any atom is -0.462 e. The molecule has 0 aliphatic carbocycles. The Morgan fingerprint density at radius 3 is 0.694 bits per heavy atom. The maximum absolute atomic E-state index is 13.1. The quantitative estimate of drug-likeness (QED) is 0.0222. The van der Waals surface area contributed by atoms with Crippen molar-refractivity contribution in [2.24, 2.45) is 5.92 Å². The smallest absolute Gasteiger partial charge is 0.462 e. The highest BCUT2D eigenvalue weighted by molar-refractivity contribution is 7.47. The van der Waals surface area contributed by atoms with E-state index in [1.165, 1.54) is 244 Å². The molecular weight excluding hydrogens is 1280 g/mol. The van der Waals surface area contributed by atoms with Gasteiger partial charge in [0.15, 0.2) is 12.2 Å². The molecule has 5 atom stereocenters. The van der Waals surface area contributed by atoms with E-state index in [1.807, 2.05) is 0 Å². The zero-order valence-electron chi connectivity index (χ0n) is 63.9. The van der Waals surface area contributed by atoms with Crippen LogP contribution in [0.1, 0.15) is 420 Å². The molecule has 2 unspecified atom stereocenters. The van der Waals surface area contributed by atoms with Gasteiger partial charge in [0.1, 0.15) is 19.3 Å². The molecule has 0 heterocycles. The Morgan fingerprint density at radius 2 is 0.469 bits per heavy atom. The van der Waals surface area contributed by atoms with Gasteiger partial charge in [0.05, 0.1) is 26.4 Å². The molecule has 19 heteroatoms. The standard InChI is InChI=1S/C79H154O17P2/c1-6-9-12-15-18-21-24-25-26-27-28-29-30-31-32-33-40-45-50-55-60-65-79(84)96-75(69-90-77(82)63-58-53-48-43-39-35-34-38-41-46-51-56-61-72(4)5)71-94-98(87,88)92-67-73(80)66-91-97(85,86)93-70-74(95-78(83)64-59-54-49-44-37-23-20-17-14-11-8-3)68-89-76(81)62-57-52-47-42-36-22-19-16-13-10-7-2/h72-75,80H,6-71H2,1-5H3,(H,85,86)(H,87,88)/t73-,74+,75+/m0/s1. The van der Waals surface area contributed by atoms with Crippen molar-refractivity contribution in [1.82, 2.24) is 0 Å². The number of aliphatic hydroxyl groups is 1. The molecule has 98 heavy (non-hydrogen) atoms. The molecule has 0 rings (SSSR count). The number of phosphoric ester groups is 2. The van der Waals surface area contributed by atoms with Crippen LogP contribution in [-0.4, -0.2) is 96.7 Å². The van der Waals surface area contributed by atoms with Crippen LogP contribution in [0.25, 0.3) is 0 Å². The molecule has 0 aliphatic heterocycles. The fourth-order valence-electron chi connectivity index (χ4n) is 12.2. The van der Waals surface area contributed by atoms with Gasteiger partial charge in [-0.15, -0.1) is 0 Å². The van der Waals surface area contributed by atoms with Crippen LogP contribution in [0.4, 0.5) is 0 Å². The summed E-state index contributed by atoms with van der Waals surface area (Å²) in [6, 6.07) is 0. The highest BCUT2D eigenvalue weighted by Crippen LogP contribution is 2.45. The Hall–Kier alpha value is -1.94. The lowest BCUT2D eigenvalue weighted by Crippen LogP contribution is -2.30. The lowest BCUT2D eigenvalue weighted by Gasteiger charge is -2.21. The summed E-state index contributed by atoms with van der Waals surface area (Å²) < 4.78 is 68.6. The van der Waals surface area contributed by atoms with E-state index < -0.39 is 97.5 Å². The number of hydrogen-bond donors (Lipinski definition) is 3. The van der Waals surface area contributed by atoms with Gasteiger partial charge < -0.3 is 33.8 Å². The maximum Gasteiger partial charge on any atom is 0.472 e. The van der Waals surface area contributed by atoms with Crippen LogP contribution < -0.4 is 0 Å². The molecular formula is C79H154O17P2. The van der Waals surface area contributed by atoms with E-state index in [9.17, 15) is 43.2 Å². The van der Waals surface area contributed by atoms with Crippen molar-refractivity contribution in [3.8, 4) is 0 Å². The minimum absolute atomic E-state index is 0.108. The first-order valence-corrected chi connectivity index (χ1v) is 44.1. The van der Waals surface area contributed by atoms with Crippen molar-refractivity contribution in [3.63, 3.8) is 0 Å². The zero-order chi connectivity index (χ0) is 71.9. The second-order valence-electron chi connectivity index (χ2n) is 28.9. The van der Waals surface area contributed by atoms with Crippen molar-refractivity contribution in [2.45, 2.75) is 438 Å². The van der Waals surface area contributed by atoms with Gasteiger partial charge in [0.25, 0.3) is 0 Å². The number of ether oxygens (including phenoxy) is 4. The summed E-state index contributed by atoms with van der Waals surface area (Å²) in [5.74, 6) is -1.33. The molecule has 582 valence electrons. The molecule has 17 nitrogen and oxygen atoms in total. The second-order valence-corrected chi connectivity index (χ2v) is 31.8. The topological polar surface area (TPSA) is 237 Å². The predicted octanol–water partition coefficient (Wildman–Crippen LogP) is 23.6. The summed E-state index contributed by atoms with van der Waals surface area (Å²) in [5, 5.41) is 10.6. The van der Waals surface area contributed by atoms with Gasteiger partial charge >= 0.3 is 39.5 Å². The number of aliphatic hydroxyl groups excluding tert-OH is 1. The Kier molecular flexibility index (Phi) is 70.6. The Labute approximate surface area is 600 Å². The first-order valence-electron chi connectivity index (χ1n) is 41.1. The van der Waals surface area contributed by atoms with Gasteiger partial charge in [-0.1, -0.05) is 369 Å². The third kappa shape index (κ3) is 72.4. The van der Waals surface area contributed by atoms with Crippen LogP contribution in [0.5, 0.6) is 0 Å². The number of unbranched alkanes of at least 4 members (excludes halogenated alkanes) is 51. The van der Waals surface area contributed by atoms with Crippen LogP contribution in [0, 0.1) is 5.92 Å². The van der Waals surface area contributed by atoms with Crippen molar-refractivity contribution >= 4 is 39.5 Å². The molecule has 0 aromatic heterocycles. The first-order chi connectivity index (χ1) is 47.5. The van der Waals surface area contributed by atoms with E-state index in [-0.39, 0.29) is 25.7 Å².